The first-order chi connectivity index (χ1) is 15.7. The Morgan fingerprint density at radius 3 is 2.17 bits per heavy atom. The normalized spacial score (nSPS) is 38.6. The van der Waals surface area contributed by atoms with Gasteiger partial charge in [0.05, 0.1) is 11.7 Å². The summed E-state index contributed by atoms with van der Waals surface area (Å²) in [4.78, 5) is 0. The van der Waals surface area contributed by atoms with Crippen LogP contribution in [0.2, 0.25) is 0 Å². The van der Waals surface area contributed by atoms with Crippen LogP contribution in [-0.2, 0) is 0 Å². The Morgan fingerprint density at radius 2 is 1.66 bits per heavy atom. The lowest BCUT2D eigenvalue weighted by molar-refractivity contribution is -0.370. The minimum atomic E-state index is -5.79. The zero-order valence-corrected chi connectivity index (χ0v) is 20.8. The monoisotopic (exact) mass is 512 g/mol. The van der Waals surface area contributed by atoms with Crippen LogP contribution >= 0.6 is 0 Å². The first kappa shape index (κ1) is 28.5. The molecule has 3 aliphatic rings. The number of rotatable bonds is 7. The van der Waals surface area contributed by atoms with E-state index in [1.807, 2.05) is 19.9 Å². The summed E-state index contributed by atoms with van der Waals surface area (Å²) >= 11 is 0. The summed E-state index contributed by atoms with van der Waals surface area (Å²) < 4.78 is 78.0. The highest BCUT2D eigenvalue weighted by atomic mass is 19.4. The van der Waals surface area contributed by atoms with E-state index in [2.05, 4.69) is 26.5 Å². The van der Waals surface area contributed by atoms with E-state index in [9.17, 15) is 41.7 Å². The van der Waals surface area contributed by atoms with Crippen LogP contribution in [0.25, 0.3) is 0 Å². The van der Waals surface area contributed by atoms with Crippen molar-refractivity contribution in [3.05, 3.63) is 24.3 Å². The van der Waals surface area contributed by atoms with Crippen molar-refractivity contribution >= 4 is 0 Å². The molecule has 3 saturated carbocycles. The summed E-state index contributed by atoms with van der Waals surface area (Å²) in [6, 6.07) is 0. The number of hydrogen-bond acceptors (Lipinski definition) is 3. The van der Waals surface area contributed by atoms with Gasteiger partial charge in [-0.15, -0.1) is 0 Å². The molecule has 3 fully saturated rings. The van der Waals surface area contributed by atoms with Gasteiger partial charge in [-0.05, 0) is 66.3 Å². The Labute approximate surface area is 203 Å². The highest BCUT2D eigenvalue weighted by Crippen LogP contribution is 2.62. The molecule has 3 aliphatic carbocycles. The zero-order chi connectivity index (χ0) is 26.8. The molecule has 2 bridgehead atoms. The molecule has 0 aromatic carbocycles. The van der Waals surface area contributed by atoms with Crippen LogP contribution in [0.4, 0.5) is 26.3 Å². The molecule has 9 heteroatoms. The van der Waals surface area contributed by atoms with Crippen LogP contribution in [0.15, 0.2) is 24.3 Å². The minimum absolute atomic E-state index is 0.0378. The van der Waals surface area contributed by atoms with E-state index >= 15 is 0 Å². The summed E-state index contributed by atoms with van der Waals surface area (Å²) in [6.45, 7) is 12.0. The summed E-state index contributed by atoms with van der Waals surface area (Å²) in [7, 11) is 0. The van der Waals surface area contributed by atoms with Crippen molar-refractivity contribution in [1.82, 2.24) is 0 Å². The number of alkyl halides is 6. The second kappa shape index (κ2) is 8.76. The Kier molecular flexibility index (Phi) is 7.13. The van der Waals surface area contributed by atoms with E-state index in [0.717, 1.165) is 18.4 Å². The molecule has 0 amide bonds. The molecular formula is C26H38F6O3. The van der Waals surface area contributed by atoms with Crippen molar-refractivity contribution in [2.75, 3.05) is 0 Å². The molecule has 7 atom stereocenters. The van der Waals surface area contributed by atoms with Gasteiger partial charge in [-0.3, -0.25) is 0 Å². The number of aliphatic hydroxyl groups excluding tert-OH is 1. The van der Waals surface area contributed by atoms with E-state index in [0.29, 0.717) is 6.42 Å². The van der Waals surface area contributed by atoms with Gasteiger partial charge in [0, 0.05) is 12.3 Å². The van der Waals surface area contributed by atoms with Crippen molar-refractivity contribution in [3.63, 3.8) is 0 Å². The molecule has 3 N–H and O–H groups in total. The third-order valence-corrected chi connectivity index (χ3v) is 10.2. The number of aliphatic hydroxyl groups is 3. The minimum Gasteiger partial charge on any atom is -0.393 e. The van der Waals surface area contributed by atoms with Gasteiger partial charge in [-0.1, -0.05) is 52.8 Å². The molecule has 0 radical (unpaired) electrons. The van der Waals surface area contributed by atoms with E-state index < -0.39 is 42.5 Å². The fraction of sp³-hybridized carbons (Fsp3) is 0.846. The smallest absolute Gasteiger partial charge is 0.393 e. The quantitative estimate of drug-likeness (QED) is 0.276. The van der Waals surface area contributed by atoms with Gasteiger partial charge in [0.15, 0.2) is 0 Å². The lowest BCUT2D eigenvalue weighted by Crippen LogP contribution is -2.61. The standard InChI is InChI=1S/C26H38F6O3/c1-15(7-6-11-24(35,25(27,28)29)26(30,31)32)22(5)12-10-17(21(22,3)4)8-9-20-19-13-18(33)14-23(20,34)16(19)2/h8-9,15,17-20,33-35H,2,6-7,10-14H2,1,3-5H3/t15-,17+,18+,19?,20?,22+,23+/m0/s1. The van der Waals surface area contributed by atoms with Crippen LogP contribution in [0.5, 0.6) is 0 Å². The topological polar surface area (TPSA) is 60.7 Å². The first-order valence-corrected chi connectivity index (χ1v) is 12.4. The number of hydrogen-bond donors (Lipinski definition) is 3. The third kappa shape index (κ3) is 4.37. The van der Waals surface area contributed by atoms with E-state index in [-0.39, 0.29) is 47.3 Å². The van der Waals surface area contributed by atoms with E-state index in [1.165, 1.54) is 0 Å². The summed E-state index contributed by atoms with van der Waals surface area (Å²) in [5, 5.41) is 30.3. The maximum atomic E-state index is 13.0. The second-order valence-electron chi connectivity index (χ2n) is 12.0. The van der Waals surface area contributed by atoms with Crippen LogP contribution in [0.1, 0.15) is 72.6 Å². The molecule has 3 nitrogen and oxygen atoms in total. The van der Waals surface area contributed by atoms with E-state index in [4.69, 9.17) is 0 Å². The summed E-state index contributed by atoms with van der Waals surface area (Å²) in [5.74, 6) is -0.110. The molecule has 0 aromatic rings. The van der Waals surface area contributed by atoms with Crippen molar-refractivity contribution in [2.45, 2.75) is 102 Å². The molecule has 0 saturated heterocycles. The number of fused-ring (bicyclic) bond motifs is 2. The molecule has 2 unspecified atom stereocenters. The fourth-order valence-electron chi connectivity index (χ4n) is 7.03. The third-order valence-electron chi connectivity index (χ3n) is 10.2. The largest absolute Gasteiger partial charge is 0.426 e. The van der Waals surface area contributed by atoms with Crippen molar-refractivity contribution in [2.24, 2.45) is 34.5 Å². The first-order valence-electron chi connectivity index (χ1n) is 12.4. The van der Waals surface area contributed by atoms with Gasteiger partial charge in [0.25, 0.3) is 5.60 Å². The average Bonchev–Trinajstić information content (AvgIpc) is 2.94. The predicted molar refractivity (Wildman–Crippen MR) is 120 cm³/mol. The Bertz CT molecular complexity index is 833. The average molecular weight is 513 g/mol. The Morgan fingerprint density at radius 1 is 1.09 bits per heavy atom. The van der Waals surface area contributed by atoms with Crippen LogP contribution < -0.4 is 0 Å². The molecule has 35 heavy (non-hydrogen) atoms. The summed E-state index contributed by atoms with van der Waals surface area (Å²) in [6.07, 6.45) is -7.26. The highest BCUT2D eigenvalue weighted by Gasteiger charge is 2.69. The maximum absolute atomic E-state index is 13.0. The van der Waals surface area contributed by atoms with Crippen LogP contribution in [0.3, 0.4) is 0 Å². The zero-order valence-electron chi connectivity index (χ0n) is 20.8. The molecule has 0 aromatic heterocycles. The highest BCUT2D eigenvalue weighted by molar-refractivity contribution is 5.37. The van der Waals surface area contributed by atoms with Gasteiger partial charge in [-0.25, -0.2) is 0 Å². The van der Waals surface area contributed by atoms with Gasteiger partial charge >= 0.3 is 12.4 Å². The Balaban J connectivity index is 1.66. The van der Waals surface area contributed by atoms with Gasteiger partial charge < -0.3 is 15.3 Å². The molecule has 0 aliphatic heterocycles. The van der Waals surface area contributed by atoms with Gasteiger partial charge in [-0.2, -0.15) is 26.3 Å². The number of allylic oxidation sites excluding steroid dienone is 1. The van der Waals surface area contributed by atoms with Crippen molar-refractivity contribution < 1.29 is 41.7 Å². The molecular weight excluding hydrogens is 474 g/mol. The van der Waals surface area contributed by atoms with Crippen LogP contribution in [-0.4, -0.2) is 45.0 Å². The van der Waals surface area contributed by atoms with Gasteiger partial charge in [0.1, 0.15) is 0 Å². The predicted octanol–water partition coefficient (Wildman–Crippen LogP) is 6.34. The molecule has 3 rings (SSSR count). The van der Waals surface area contributed by atoms with Crippen molar-refractivity contribution in [3.8, 4) is 0 Å². The lowest BCUT2D eigenvalue weighted by Gasteiger charge is -2.58. The van der Waals surface area contributed by atoms with Crippen molar-refractivity contribution in [1.29, 1.82) is 0 Å². The SMILES string of the molecule is C=C1C2C[C@@H](O)C[C@]1(O)C2C=C[C@@H]1CC[C@](C)([C@@H](C)CCCC(O)(C(F)(F)F)C(F)(F)F)C1(C)C. The van der Waals surface area contributed by atoms with Crippen LogP contribution in [0, 0.1) is 34.5 Å². The second-order valence-corrected chi connectivity index (χ2v) is 12.0. The van der Waals surface area contributed by atoms with E-state index in [1.54, 1.807) is 0 Å². The molecule has 0 heterocycles. The van der Waals surface area contributed by atoms with Gasteiger partial charge in [0.2, 0.25) is 0 Å². The maximum Gasteiger partial charge on any atom is 0.426 e. The molecule has 0 spiro atoms. The Hall–Kier alpha value is -1.06. The summed E-state index contributed by atoms with van der Waals surface area (Å²) in [5.41, 5.74) is -5.64. The lowest BCUT2D eigenvalue weighted by atomic mass is 9.50. The molecule has 202 valence electrons. The number of halogens is 6. The fourth-order valence-corrected chi connectivity index (χ4v) is 7.03.